The first-order chi connectivity index (χ1) is 34.4. The van der Waals surface area contributed by atoms with Crippen molar-refractivity contribution in [2.24, 2.45) is 0 Å². The number of pyridine rings is 3. The number of nitrogens with zero attached hydrogens (tertiary/aromatic N) is 5. The quantitative estimate of drug-likeness (QED) is 0.0423. The first-order valence-corrected chi connectivity index (χ1v) is 21.3. The molecule has 3 aromatic heterocycles. The molecule has 3 N–H and O–H groups in total. The minimum Gasteiger partial charge on any atom is -0.465 e. The Balaban J connectivity index is 0.000000204. The summed E-state index contributed by atoms with van der Waals surface area (Å²) in [6.45, 7) is 2.95. The van der Waals surface area contributed by atoms with E-state index in [-0.39, 0.29) is 72.8 Å². The van der Waals surface area contributed by atoms with Gasteiger partial charge in [-0.25, -0.2) is 15.0 Å². The summed E-state index contributed by atoms with van der Waals surface area (Å²) in [5, 5.41) is 30.0. The fraction of sp³-hybridized carbons (Fsp3) is 0.234. The van der Waals surface area contributed by atoms with Crippen LogP contribution in [0.5, 0.6) is 0 Å². The molecule has 1 aliphatic heterocycles. The zero-order valence-corrected chi connectivity index (χ0v) is 37.9. The lowest BCUT2D eigenvalue weighted by Crippen LogP contribution is -2.23. The van der Waals surface area contributed by atoms with Gasteiger partial charge in [-0.2, -0.15) is 39.5 Å². The first kappa shape index (κ1) is 55.2. The molecular formula is C47H39F9N8O9. The van der Waals surface area contributed by atoms with Crippen LogP contribution in [0.3, 0.4) is 0 Å². The molecule has 17 nitrogen and oxygen atoms in total. The highest BCUT2D eigenvalue weighted by molar-refractivity contribution is 5.89. The molecule has 0 amide bonds. The Bertz CT molecular complexity index is 2850. The number of ether oxygens (including phenoxy) is 2. The monoisotopic (exact) mass is 1030 g/mol. The lowest BCUT2D eigenvalue weighted by Gasteiger charge is -2.17. The van der Waals surface area contributed by atoms with E-state index in [1.54, 1.807) is 32.0 Å². The fourth-order valence-electron chi connectivity index (χ4n) is 6.48. The van der Waals surface area contributed by atoms with Crippen molar-refractivity contribution < 1.29 is 73.2 Å². The Kier molecular flexibility index (Phi) is 18.1. The van der Waals surface area contributed by atoms with Crippen molar-refractivity contribution in [2.75, 3.05) is 48.8 Å². The van der Waals surface area contributed by atoms with Crippen LogP contribution in [0.25, 0.3) is 33.8 Å². The van der Waals surface area contributed by atoms with Crippen LogP contribution in [0, 0.1) is 20.2 Å². The highest BCUT2D eigenvalue weighted by Crippen LogP contribution is 2.36. The van der Waals surface area contributed by atoms with Gasteiger partial charge in [0.05, 0.1) is 63.4 Å². The summed E-state index contributed by atoms with van der Waals surface area (Å²) < 4.78 is 125. The number of alkyl halides is 9. The molecule has 384 valence electrons. The number of esters is 2. The Morgan fingerprint density at radius 2 is 0.959 bits per heavy atom. The number of aromatic nitrogens is 3. The Morgan fingerprint density at radius 1 is 0.589 bits per heavy atom. The van der Waals surface area contributed by atoms with Gasteiger partial charge in [0.1, 0.15) is 18.9 Å². The highest BCUT2D eigenvalue weighted by atomic mass is 19.4. The van der Waals surface area contributed by atoms with Crippen LogP contribution in [0.1, 0.15) is 36.1 Å². The van der Waals surface area contributed by atoms with Crippen LogP contribution < -0.4 is 16.0 Å². The van der Waals surface area contributed by atoms with Gasteiger partial charge in [-0.15, -0.1) is 0 Å². The predicted molar refractivity (Wildman–Crippen MR) is 245 cm³/mol. The number of anilines is 3. The molecule has 0 fully saturated rings. The first-order valence-electron chi connectivity index (χ1n) is 21.3. The van der Waals surface area contributed by atoms with Crippen LogP contribution in [-0.2, 0) is 48.8 Å². The minimum atomic E-state index is -4.53. The molecule has 0 saturated heterocycles. The second-order valence-corrected chi connectivity index (χ2v) is 15.0. The molecule has 0 aliphatic carbocycles. The maximum Gasteiger partial charge on any atom is 0.416 e. The summed E-state index contributed by atoms with van der Waals surface area (Å²) >= 11 is 0. The van der Waals surface area contributed by atoms with Crippen LogP contribution in [0.15, 0.2) is 109 Å². The maximum atomic E-state index is 12.8. The highest BCUT2D eigenvalue weighted by Gasteiger charge is 2.33. The summed E-state index contributed by atoms with van der Waals surface area (Å²) in [5.74, 6) is -1.14. The number of rotatable bonds is 13. The molecule has 6 aromatic rings. The number of carbonyl (C=O) groups is 3. The van der Waals surface area contributed by atoms with Gasteiger partial charge in [-0.1, -0.05) is 42.5 Å². The van der Waals surface area contributed by atoms with Crippen molar-refractivity contribution in [3.05, 3.63) is 152 Å². The van der Waals surface area contributed by atoms with Gasteiger partial charge in [0.25, 0.3) is 0 Å². The second-order valence-electron chi connectivity index (χ2n) is 15.0. The van der Waals surface area contributed by atoms with Crippen molar-refractivity contribution in [3.8, 4) is 33.8 Å². The molecule has 26 heteroatoms. The minimum absolute atomic E-state index is 0.0659. The average Bonchev–Trinajstić information content (AvgIpc) is 3.34. The van der Waals surface area contributed by atoms with Gasteiger partial charge in [0, 0.05) is 40.8 Å². The van der Waals surface area contributed by atoms with Gasteiger partial charge >= 0.3 is 41.8 Å². The molecule has 4 heterocycles. The Hall–Kier alpha value is -8.71. The van der Waals surface area contributed by atoms with E-state index in [4.69, 9.17) is 9.47 Å². The van der Waals surface area contributed by atoms with Crippen LogP contribution in [-0.4, -0.2) is 75.4 Å². The topological polar surface area (TPSA) is 231 Å². The third-order valence-electron chi connectivity index (χ3n) is 9.83. The third kappa shape index (κ3) is 15.6. The van der Waals surface area contributed by atoms with E-state index in [0.29, 0.717) is 23.5 Å². The standard InChI is InChI=1S/2C16H14F3N3O4.C15H11F3N2O/c2*1-2-26-14(23)9-20-15-13(22(24)25)7-6-12(21-15)10-4-3-5-11(8-10)16(17,18)19;16-15(17,18)11-3-1-2-9(6-11)13-5-4-10-7-12(21)8-19-14(10)20-13/h2*3-8H,2,9H2,1H3,(H,20,21);1-6H,7-8H2,(H,19,20). The number of fused-ring (bicyclic) bond motifs is 1. The summed E-state index contributed by atoms with van der Waals surface area (Å²) in [4.78, 5) is 67.2. The van der Waals surface area contributed by atoms with E-state index in [1.165, 1.54) is 42.5 Å². The lowest BCUT2D eigenvalue weighted by atomic mass is 10.0. The van der Waals surface area contributed by atoms with E-state index < -0.39 is 68.4 Å². The maximum absolute atomic E-state index is 12.8. The number of nitrogens with one attached hydrogen (secondary N) is 3. The van der Waals surface area contributed by atoms with Crippen LogP contribution >= 0.6 is 0 Å². The SMILES string of the molecule is CCOC(=O)CNc1nc(-c2cccc(C(F)(F)F)c2)ccc1[N+](=O)[O-].CCOC(=O)CNc1nc(-c2cccc(C(F)(F)F)c2)ccc1[N+](=O)[O-].O=C1CNc2nc(-c3cccc(C(F)(F)F)c3)ccc2C1. The number of halogens is 9. The molecule has 3 aromatic carbocycles. The number of Topliss-reactive ketones (excluding diaryl/α,β-unsaturated/α-hetero) is 1. The van der Waals surface area contributed by atoms with E-state index >= 15 is 0 Å². The van der Waals surface area contributed by atoms with E-state index in [2.05, 4.69) is 30.9 Å². The van der Waals surface area contributed by atoms with Gasteiger partial charge < -0.3 is 25.4 Å². The molecule has 0 radical (unpaired) electrons. The second kappa shape index (κ2) is 23.9. The summed E-state index contributed by atoms with van der Waals surface area (Å²) in [6.07, 6.45) is -13.1. The third-order valence-corrected chi connectivity index (χ3v) is 9.83. The summed E-state index contributed by atoms with van der Waals surface area (Å²) in [7, 11) is 0. The molecule has 0 atom stereocenters. The van der Waals surface area contributed by atoms with Crippen LogP contribution in [0.4, 0.5) is 68.3 Å². The molecule has 0 bridgehead atoms. The number of carbonyl (C=O) groups excluding carboxylic acids is 3. The van der Waals surface area contributed by atoms with Gasteiger partial charge in [0.2, 0.25) is 11.6 Å². The number of nitro groups is 2. The summed E-state index contributed by atoms with van der Waals surface area (Å²) in [5.41, 5.74) is -1.20. The molecule has 0 saturated carbocycles. The Labute approximate surface area is 407 Å². The van der Waals surface area contributed by atoms with Crippen molar-refractivity contribution in [2.45, 2.75) is 38.8 Å². The van der Waals surface area contributed by atoms with Crippen LogP contribution in [0.2, 0.25) is 0 Å². The van der Waals surface area contributed by atoms with Crippen molar-refractivity contribution in [1.29, 1.82) is 0 Å². The van der Waals surface area contributed by atoms with Gasteiger partial charge in [-0.3, -0.25) is 34.6 Å². The number of hydrogen-bond acceptors (Lipinski definition) is 15. The van der Waals surface area contributed by atoms with Crippen molar-refractivity contribution in [3.63, 3.8) is 0 Å². The van der Waals surface area contributed by atoms with E-state index in [0.717, 1.165) is 54.1 Å². The average molecular weight is 1030 g/mol. The smallest absolute Gasteiger partial charge is 0.416 e. The van der Waals surface area contributed by atoms with E-state index in [9.17, 15) is 74.1 Å². The normalized spacial score (nSPS) is 12.1. The molecule has 0 unspecified atom stereocenters. The Morgan fingerprint density at radius 3 is 1.32 bits per heavy atom. The predicted octanol–water partition coefficient (Wildman–Crippen LogP) is 10.6. The molecule has 7 rings (SSSR count). The molecule has 1 aliphatic rings. The number of hydrogen-bond donors (Lipinski definition) is 3. The number of benzene rings is 3. The largest absolute Gasteiger partial charge is 0.465 e. The van der Waals surface area contributed by atoms with Gasteiger partial charge in [0.15, 0.2) is 5.78 Å². The zero-order valence-electron chi connectivity index (χ0n) is 37.9. The van der Waals surface area contributed by atoms with Crippen molar-refractivity contribution in [1.82, 2.24) is 15.0 Å². The lowest BCUT2D eigenvalue weighted by molar-refractivity contribution is -0.384. The van der Waals surface area contributed by atoms with E-state index in [1.807, 2.05) is 0 Å². The molecule has 0 spiro atoms. The fourth-order valence-corrected chi connectivity index (χ4v) is 6.48. The zero-order chi connectivity index (χ0) is 53.7. The molecular weight excluding hydrogens is 992 g/mol. The number of ketones is 1. The summed E-state index contributed by atoms with van der Waals surface area (Å²) in [6, 6.07) is 21.9. The van der Waals surface area contributed by atoms with Gasteiger partial charge in [-0.05, 0) is 68.4 Å². The van der Waals surface area contributed by atoms with Crippen molar-refractivity contribution >= 4 is 46.6 Å². The molecule has 73 heavy (non-hydrogen) atoms.